The van der Waals surface area contributed by atoms with Crippen LogP contribution in [0.15, 0.2) is 24.3 Å². The van der Waals surface area contributed by atoms with Gasteiger partial charge in [0, 0.05) is 24.2 Å². The topological polar surface area (TPSA) is 69.6 Å². The zero-order valence-electron chi connectivity index (χ0n) is 11.6. The largest absolute Gasteiger partial charge is 0.394 e. The van der Waals surface area contributed by atoms with E-state index in [4.69, 9.17) is 5.11 Å². The highest BCUT2D eigenvalue weighted by atomic mass is 16.3. The number of amides is 2. The van der Waals surface area contributed by atoms with Crippen LogP contribution in [0, 0.1) is 0 Å². The van der Waals surface area contributed by atoms with E-state index in [9.17, 15) is 9.59 Å². The second-order valence-corrected chi connectivity index (χ2v) is 4.96. The monoisotopic (exact) mass is 276 g/mol. The molecule has 2 rings (SSSR count). The van der Waals surface area contributed by atoms with Crippen LogP contribution in [0.5, 0.6) is 0 Å². The summed E-state index contributed by atoms with van der Waals surface area (Å²) in [6, 6.07) is 6.78. The molecule has 1 fully saturated rings. The Kier molecular flexibility index (Phi) is 4.74. The van der Waals surface area contributed by atoms with Crippen LogP contribution in [0.1, 0.15) is 36.5 Å². The Morgan fingerprint density at radius 3 is 2.60 bits per heavy atom. The third-order valence-electron chi connectivity index (χ3n) is 3.56. The van der Waals surface area contributed by atoms with Crippen LogP contribution in [0.2, 0.25) is 0 Å². The predicted molar refractivity (Wildman–Crippen MR) is 76.7 cm³/mol. The zero-order chi connectivity index (χ0) is 14.5. The van der Waals surface area contributed by atoms with Crippen LogP contribution >= 0.6 is 0 Å². The average molecular weight is 276 g/mol. The molecule has 5 heteroatoms. The Morgan fingerprint density at radius 2 is 2.10 bits per heavy atom. The van der Waals surface area contributed by atoms with Crippen LogP contribution < -0.4 is 10.2 Å². The van der Waals surface area contributed by atoms with Crippen molar-refractivity contribution < 1.29 is 14.7 Å². The average Bonchev–Trinajstić information content (AvgIpc) is 2.91. The molecule has 0 radical (unpaired) electrons. The van der Waals surface area contributed by atoms with Gasteiger partial charge in [0.15, 0.2) is 0 Å². The number of nitrogens with zero attached hydrogens (tertiary/aromatic N) is 1. The molecule has 20 heavy (non-hydrogen) atoms. The van der Waals surface area contributed by atoms with Gasteiger partial charge in [0.2, 0.25) is 5.91 Å². The fraction of sp³-hybridized carbons (Fsp3) is 0.467. The first kappa shape index (κ1) is 14.5. The summed E-state index contributed by atoms with van der Waals surface area (Å²) in [6.07, 6.45) is 2.16. The number of hydrogen-bond acceptors (Lipinski definition) is 3. The third-order valence-corrected chi connectivity index (χ3v) is 3.56. The number of nitrogens with one attached hydrogen (secondary N) is 1. The molecule has 1 aliphatic heterocycles. The van der Waals surface area contributed by atoms with E-state index in [0.29, 0.717) is 18.4 Å². The van der Waals surface area contributed by atoms with E-state index in [1.807, 2.05) is 6.92 Å². The van der Waals surface area contributed by atoms with Crippen molar-refractivity contribution in [3.8, 4) is 0 Å². The van der Waals surface area contributed by atoms with Crippen LogP contribution in [0.25, 0.3) is 0 Å². The maximum Gasteiger partial charge on any atom is 0.251 e. The van der Waals surface area contributed by atoms with E-state index in [0.717, 1.165) is 18.7 Å². The molecule has 2 amide bonds. The summed E-state index contributed by atoms with van der Waals surface area (Å²) in [5.74, 6) is -0.0706. The predicted octanol–water partition coefficient (Wildman–Crippen LogP) is 1.31. The Bertz CT molecular complexity index is 480. The van der Waals surface area contributed by atoms with Crippen molar-refractivity contribution in [1.29, 1.82) is 0 Å². The Hall–Kier alpha value is -1.88. The molecule has 0 aliphatic carbocycles. The quantitative estimate of drug-likeness (QED) is 0.852. The summed E-state index contributed by atoms with van der Waals surface area (Å²) in [5.41, 5.74) is 1.37. The molecule has 1 aromatic carbocycles. The van der Waals surface area contributed by atoms with E-state index in [2.05, 4.69) is 5.32 Å². The molecule has 1 aromatic rings. The Labute approximate surface area is 118 Å². The molecular weight excluding hydrogens is 256 g/mol. The molecule has 0 bridgehead atoms. The fourth-order valence-corrected chi connectivity index (χ4v) is 2.26. The minimum Gasteiger partial charge on any atom is -0.394 e. The summed E-state index contributed by atoms with van der Waals surface area (Å²) < 4.78 is 0. The highest BCUT2D eigenvalue weighted by molar-refractivity contribution is 5.97. The van der Waals surface area contributed by atoms with Crippen molar-refractivity contribution in [3.63, 3.8) is 0 Å². The van der Waals surface area contributed by atoms with Gasteiger partial charge in [-0.2, -0.15) is 0 Å². The molecule has 1 aliphatic rings. The first-order valence-corrected chi connectivity index (χ1v) is 6.98. The van der Waals surface area contributed by atoms with E-state index < -0.39 is 0 Å². The van der Waals surface area contributed by atoms with E-state index in [-0.39, 0.29) is 24.5 Å². The number of carbonyl (C=O) groups is 2. The lowest BCUT2D eigenvalue weighted by atomic mass is 10.1. The molecular formula is C15H20N2O3. The van der Waals surface area contributed by atoms with Crippen molar-refractivity contribution in [2.45, 2.75) is 32.2 Å². The lowest BCUT2D eigenvalue weighted by Crippen LogP contribution is -2.36. The summed E-state index contributed by atoms with van der Waals surface area (Å²) in [6.45, 7) is 2.58. The van der Waals surface area contributed by atoms with Crippen molar-refractivity contribution in [2.75, 3.05) is 18.1 Å². The highest BCUT2D eigenvalue weighted by Gasteiger charge is 2.21. The number of aliphatic hydroxyl groups excluding tert-OH is 1. The van der Waals surface area contributed by atoms with Gasteiger partial charge in [-0.1, -0.05) is 6.92 Å². The smallest absolute Gasteiger partial charge is 0.251 e. The van der Waals surface area contributed by atoms with Gasteiger partial charge >= 0.3 is 0 Å². The molecule has 5 nitrogen and oxygen atoms in total. The minimum atomic E-state index is -0.220. The summed E-state index contributed by atoms with van der Waals surface area (Å²) in [4.78, 5) is 25.3. The number of aliphatic hydroxyl groups is 1. The van der Waals surface area contributed by atoms with Gasteiger partial charge in [-0.05, 0) is 37.1 Å². The first-order valence-electron chi connectivity index (χ1n) is 6.98. The fourth-order valence-electron chi connectivity index (χ4n) is 2.26. The van der Waals surface area contributed by atoms with Crippen molar-refractivity contribution >= 4 is 17.5 Å². The van der Waals surface area contributed by atoms with Gasteiger partial charge in [-0.25, -0.2) is 0 Å². The maximum absolute atomic E-state index is 12.0. The Morgan fingerprint density at radius 1 is 1.40 bits per heavy atom. The molecule has 0 aromatic heterocycles. The third kappa shape index (κ3) is 3.17. The van der Waals surface area contributed by atoms with Gasteiger partial charge in [0.25, 0.3) is 5.91 Å². The second-order valence-electron chi connectivity index (χ2n) is 4.96. The Balaban J connectivity index is 2.04. The van der Waals surface area contributed by atoms with E-state index >= 15 is 0 Å². The van der Waals surface area contributed by atoms with Crippen LogP contribution in [-0.2, 0) is 4.79 Å². The number of hydrogen-bond donors (Lipinski definition) is 2. The molecule has 108 valence electrons. The van der Waals surface area contributed by atoms with Gasteiger partial charge in [-0.15, -0.1) is 0 Å². The molecule has 2 N–H and O–H groups in total. The maximum atomic E-state index is 12.0. The minimum absolute atomic E-state index is 0.0669. The summed E-state index contributed by atoms with van der Waals surface area (Å²) in [7, 11) is 0. The summed E-state index contributed by atoms with van der Waals surface area (Å²) in [5, 5.41) is 11.8. The number of anilines is 1. The molecule has 0 saturated carbocycles. The van der Waals surface area contributed by atoms with E-state index in [1.54, 1.807) is 29.2 Å². The highest BCUT2D eigenvalue weighted by Crippen LogP contribution is 2.21. The van der Waals surface area contributed by atoms with Crippen LogP contribution in [-0.4, -0.2) is 36.1 Å². The van der Waals surface area contributed by atoms with Gasteiger partial charge in [0.1, 0.15) is 0 Å². The molecule has 1 unspecified atom stereocenters. The first-order chi connectivity index (χ1) is 9.65. The SMILES string of the molecule is CCC(CO)NC(=O)c1ccc(N2CCCC2=O)cc1. The van der Waals surface area contributed by atoms with Crippen LogP contribution in [0.4, 0.5) is 5.69 Å². The van der Waals surface area contributed by atoms with Crippen molar-refractivity contribution in [3.05, 3.63) is 29.8 Å². The van der Waals surface area contributed by atoms with Gasteiger partial charge < -0.3 is 15.3 Å². The molecule has 0 spiro atoms. The van der Waals surface area contributed by atoms with E-state index in [1.165, 1.54) is 0 Å². The zero-order valence-corrected chi connectivity index (χ0v) is 11.6. The van der Waals surface area contributed by atoms with Crippen molar-refractivity contribution in [2.24, 2.45) is 0 Å². The second kappa shape index (κ2) is 6.52. The normalized spacial score (nSPS) is 16.3. The summed E-state index contributed by atoms with van der Waals surface area (Å²) >= 11 is 0. The number of rotatable bonds is 5. The van der Waals surface area contributed by atoms with Gasteiger partial charge in [0.05, 0.1) is 12.6 Å². The molecule has 1 atom stereocenters. The number of carbonyl (C=O) groups excluding carboxylic acids is 2. The lowest BCUT2D eigenvalue weighted by Gasteiger charge is -2.17. The lowest BCUT2D eigenvalue weighted by molar-refractivity contribution is -0.117. The van der Waals surface area contributed by atoms with Crippen LogP contribution in [0.3, 0.4) is 0 Å². The molecule has 1 saturated heterocycles. The standard InChI is InChI=1S/C15H20N2O3/c1-2-12(10-18)16-15(20)11-5-7-13(8-6-11)17-9-3-4-14(17)19/h5-8,12,18H,2-4,9-10H2,1H3,(H,16,20). The molecule has 1 heterocycles. The number of benzene rings is 1. The van der Waals surface area contributed by atoms with Gasteiger partial charge in [-0.3, -0.25) is 9.59 Å². The van der Waals surface area contributed by atoms with Crippen molar-refractivity contribution in [1.82, 2.24) is 5.32 Å².